The van der Waals surface area contributed by atoms with Gasteiger partial charge >= 0.3 is 16.7 Å². The number of nitrogens with one attached hydrogen (secondary N) is 1. The summed E-state index contributed by atoms with van der Waals surface area (Å²) >= 11 is 0. The average Bonchev–Trinajstić information content (AvgIpc) is 3.31. The average molecular weight is 515 g/mol. The number of nitrogens with zero attached hydrogens (tertiary/aromatic N) is 1. The van der Waals surface area contributed by atoms with E-state index in [1.807, 2.05) is 42.5 Å². The van der Waals surface area contributed by atoms with Crippen LogP contribution in [0.2, 0.25) is 0 Å². The van der Waals surface area contributed by atoms with E-state index in [1.54, 1.807) is 0 Å². The summed E-state index contributed by atoms with van der Waals surface area (Å²) < 4.78 is 30.7. The van der Waals surface area contributed by atoms with Crippen LogP contribution in [0, 0.1) is 0 Å². The molecule has 11 heteroatoms. The van der Waals surface area contributed by atoms with Crippen molar-refractivity contribution in [1.29, 1.82) is 0 Å². The van der Waals surface area contributed by atoms with Gasteiger partial charge in [-0.25, -0.2) is 4.79 Å². The fourth-order valence-electron chi connectivity index (χ4n) is 4.08. The molecule has 2 aromatic rings. The van der Waals surface area contributed by atoms with Crippen molar-refractivity contribution in [2.75, 3.05) is 20.2 Å². The number of fused-ring (bicyclic) bond motifs is 3. The lowest BCUT2D eigenvalue weighted by Crippen LogP contribution is -2.32. The first-order valence-electron chi connectivity index (χ1n) is 10.6. The Balaban J connectivity index is 0.000000850. The lowest BCUT2D eigenvalue weighted by atomic mass is 9.95. The molecule has 0 fully saturated rings. The van der Waals surface area contributed by atoms with Gasteiger partial charge in [-0.3, -0.25) is 19.3 Å². The van der Waals surface area contributed by atoms with Gasteiger partial charge in [0.2, 0.25) is 0 Å². The summed E-state index contributed by atoms with van der Waals surface area (Å²) in [6.45, 7) is 0.287. The third kappa shape index (κ3) is 6.72. The molecule has 0 bridgehead atoms. The zero-order valence-electron chi connectivity index (χ0n) is 18.7. The third-order valence-electron chi connectivity index (χ3n) is 5.62. The summed E-state index contributed by atoms with van der Waals surface area (Å²) in [6.07, 6.45) is 2.26. The molecule has 1 heterocycles. The summed E-state index contributed by atoms with van der Waals surface area (Å²) in [6, 6.07) is 13.9. The van der Waals surface area contributed by atoms with E-state index < -0.39 is 16.7 Å². The Labute approximate surface area is 210 Å². The van der Waals surface area contributed by atoms with Crippen molar-refractivity contribution < 1.29 is 36.5 Å². The van der Waals surface area contributed by atoms with E-state index in [2.05, 4.69) is 5.32 Å². The first-order valence-corrected chi connectivity index (χ1v) is 11.6. The number of benzene rings is 2. The molecule has 3 amide bonds. The predicted molar refractivity (Wildman–Crippen MR) is 130 cm³/mol. The second-order valence-electron chi connectivity index (χ2n) is 7.74. The highest BCUT2D eigenvalue weighted by atomic mass is 32.2. The van der Waals surface area contributed by atoms with Gasteiger partial charge in [-0.05, 0) is 27.8 Å². The molecule has 2 aromatic carbocycles. The fraction of sp³-hybridized carbons (Fsp3) is 0.280. The van der Waals surface area contributed by atoms with Crippen LogP contribution in [0.4, 0.5) is 4.79 Å². The Morgan fingerprint density at radius 2 is 1.58 bits per heavy atom. The second kappa shape index (κ2) is 12.5. The van der Waals surface area contributed by atoms with Crippen LogP contribution in [0.25, 0.3) is 11.1 Å². The van der Waals surface area contributed by atoms with Crippen molar-refractivity contribution in [3.63, 3.8) is 0 Å². The molecular formula is C25H26N2O8S. The molecule has 0 radical (unpaired) electrons. The van der Waals surface area contributed by atoms with Crippen LogP contribution in [0.5, 0.6) is 0 Å². The molecule has 0 saturated heterocycles. The number of hydrogen-bond acceptors (Lipinski definition) is 8. The molecule has 4 rings (SSSR count). The molecule has 1 atom stereocenters. The molecule has 190 valence electrons. The highest BCUT2D eigenvalue weighted by Gasteiger charge is 2.30. The molecule has 10 nitrogen and oxygen atoms in total. The van der Waals surface area contributed by atoms with Gasteiger partial charge in [-0.2, -0.15) is 0 Å². The SMILES string of the molecule is C.CNC(=O)OCC1c2ccccc2-c2ccc(CC(=O)CCN3C(=O)C=CC3=O)cc21.O=S(=O)=O. The molecule has 1 N–H and O–H groups in total. The topological polar surface area (TPSA) is 144 Å². The van der Waals surface area contributed by atoms with Crippen molar-refractivity contribution in [3.05, 3.63) is 71.3 Å². The van der Waals surface area contributed by atoms with Crippen LogP contribution in [-0.4, -0.2) is 61.4 Å². The zero-order valence-corrected chi connectivity index (χ0v) is 19.5. The van der Waals surface area contributed by atoms with Gasteiger partial charge in [-0.15, -0.1) is 12.6 Å². The lowest BCUT2D eigenvalue weighted by molar-refractivity contribution is -0.137. The molecule has 1 aliphatic heterocycles. The number of ether oxygens (including phenoxy) is 1. The number of amides is 3. The van der Waals surface area contributed by atoms with Crippen LogP contribution >= 0.6 is 0 Å². The monoisotopic (exact) mass is 514 g/mol. The van der Waals surface area contributed by atoms with E-state index in [4.69, 9.17) is 17.4 Å². The van der Waals surface area contributed by atoms with Gasteiger partial charge in [0, 0.05) is 44.5 Å². The number of carbonyl (C=O) groups is 4. The van der Waals surface area contributed by atoms with Crippen molar-refractivity contribution >= 4 is 34.3 Å². The van der Waals surface area contributed by atoms with Gasteiger partial charge in [0.15, 0.2) is 0 Å². The number of rotatable bonds is 7. The smallest absolute Gasteiger partial charge is 0.425 e. The molecule has 36 heavy (non-hydrogen) atoms. The van der Waals surface area contributed by atoms with Crippen molar-refractivity contribution in [2.45, 2.75) is 26.2 Å². The van der Waals surface area contributed by atoms with Crippen LogP contribution in [0.15, 0.2) is 54.6 Å². The summed E-state index contributed by atoms with van der Waals surface area (Å²) in [5.74, 6) is -0.926. The first kappa shape index (κ1) is 28.1. The number of Topliss-reactive ketones (excluding diaryl/α,β-unsaturated/α-hetero) is 1. The van der Waals surface area contributed by atoms with E-state index >= 15 is 0 Å². The standard InChI is InChI=1S/C24H22N2O5.CH4.O3S/c1-25-24(30)31-14-21-18-5-3-2-4-17(18)19-7-6-15(13-20(19)21)12-16(27)10-11-26-22(28)8-9-23(26)29;;1-4(2)3/h2-9,13,21H,10-12,14H2,1H3,(H,25,30);1H4;. The van der Waals surface area contributed by atoms with Gasteiger partial charge in [-0.1, -0.05) is 49.9 Å². The number of hydrogen-bond donors (Lipinski definition) is 1. The summed E-state index contributed by atoms with van der Waals surface area (Å²) in [5, 5.41) is 2.46. The highest BCUT2D eigenvalue weighted by Crippen LogP contribution is 2.45. The summed E-state index contributed by atoms with van der Waals surface area (Å²) in [5.41, 5.74) is 5.11. The maximum Gasteiger partial charge on any atom is 0.425 e. The van der Waals surface area contributed by atoms with Gasteiger partial charge in [0.05, 0.1) is 0 Å². The van der Waals surface area contributed by atoms with E-state index in [0.717, 1.165) is 32.7 Å². The van der Waals surface area contributed by atoms with Gasteiger partial charge in [0.25, 0.3) is 11.8 Å². The van der Waals surface area contributed by atoms with Crippen molar-refractivity contribution in [2.24, 2.45) is 0 Å². The Bertz CT molecular complexity index is 1290. The Morgan fingerprint density at radius 3 is 2.22 bits per heavy atom. The normalized spacial score (nSPS) is 14.7. The number of ketones is 1. The predicted octanol–water partition coefficient (Wildman–Crippen LogP) is 2.21. The number of imide groups is 1. The summed E-state index contributed by atoms with van der Waals surface area (Å²) in [7, 11) is -1.60. The van der Waals surface area contributed by atoms with E-state index in [-0.39, 0.29) is 56.9 Å². The van der Waals surface area contributed by atoms with Gasteiger partial charge < -0.3 is 10.1 Å². The Morgan fingerprint density at radius 1 is 0.972 bits per heavy atom. The third-order valence-corrected chi connectivity index (χ3v) is 5.62. The molecule has 2 aliphatic rings. The number of alkyl carbamates (subject to hydrolysis) is 1. The van der Waals surface area contributed by atoms with Crippen LogP contribution in [0.3, 0.4) is 0 Å². The Kier molecular flexibility index (Phi) is 9.80. The van der Waals surface area contributed by atoms with Crippen molar-refractivity contribution in [1.82, 2.24) is 10.2 Å². The van der Waals surface area contributed by atoms with E-state index in [0.29, 0.717) is 0 Å². The first-order chi connectivity index (χ1) is 16.7. The lowest BCUT2D eigenvalue weighted by Gasteiger charge is -2.15. The minimum Gasteiger partial charge on any atom is -0.449 e. The minimum atomic E-state index is -3.11. The van der Waals surface area contributed by atoms with Crippen LogP contribution < -0.4 is 5.32 Å². The molecule has 0 spiro atoms. The van der Waals surface area contributed by atoms with Crippen LogP contribution in [0.1, 0.15) is 36.5 Å². The molecule has 0 aromatic heterocycles. The largest absolute Gasteiger partial charge is 0.449 e. The molecule has 1 unspecified atom stereocenters. The Hall–Kier alpha value is -4.12. The zero-order chi connectivity index (χ0) is 25.5. The molecule has 0 saturated carbocycles. The summed E-state index contributed by atoms with van der Waals surface area (Å²) in [4.78, 5) is 48.4. The maximum absolute atomic E-state index is 12.5. The van der Waals surface area contributed by atoms with Crippen molar-refractivity contribution in [3.8, 4) is 11.1 Å². The van der Waals surface area contributed by atoms with Gasteiger partial charge in [0.1, 0.15) is 12.4 Å². The van der Waals surface area contributed by atoms with Crippen LogP contribution in [-0.2, 0) is 36.2 Å². The molecular weight excluding hydrogens is 488 g/mol. The fourth-order valence-corrected chi connectivity index (χ4v) is 4.08. The maximum atomic E-state index is 12.5. The number of carbonyl (C=O) groups excluding carboxylic acids is 4. The second-order valence-corrected chi connectivity index (χ2v) is 8.15. The molecule has 1 aliphatic carbocycles. The minimum absolute atomic E-state index is 0. The quantitative estimate of drug-likeness (QED) is 0.554. The van der Waals surface area contributed by atoms with E-state index in [1.165, 1.54) is 19.2 Å². The van der Waals surface area contributed by atoms with E-state index in [9.17, 15) is 19.2 Å². The highest BCUT2D eigenvalue weighted by molar-refractivity contribution is 7.59.